The van der Waals surface area contributed by atoms with Crippen LogP contribution in [0.15, 0.2) is 23.1 Å². The van der Waals surface area contributed by atoms with Crippen molar-refractivity contribution in [3.05, 3.63) is 23.2 Å². The van der Waals surface area contributed by atoms with Gasteiger partial charge in [-0.25, -0.2) is 8.42 Å². The van der Waals surface area contributed by atoms with Gasteiger partial charge in [-0.3, -0.25) is 0 Å². The van der Waals surface area contributed by atoms with Crippen molar-refractivity contribution in [1.82, 2.24) is 4.31 Å². The van der Waals surface area contributed by atoms with Crippen LogP contribution in [0.1, 0.15) is 39.5 Å². The van der Waals surface area contributed by atoms with Gasteiger partial charge in [0.25, 0.3) is 0 Å². The molecule has 0 unspecified atom stereocenters. The smallest absolute Gasteiger partial charge is 0.243 e. The summed E-state index contributed by atoms with van der Waals surface area (Å²) in [5.41, 5.74) is 6.31. The van der Waals surface area contributed by atoms with Crippen molar-refractivity contribution < 1.29 is 8.42 Å². The van der Waals surface area contributed by atoms with Crippen molar-refractivity contribution in [3.8, 4) is 0 Å². The van der Waals surface area contributed by atoms with E-state index in [1.54, 1.807) is 4.31 Å². The molecule has 0 radical (unpaired) electrons. The summed E-state index contributed by atoms with van der Waals surface area (Å²) in [6, 6.07) is 4.50. The van der Waals surface area contributed by atoms with Crippen molar-refractivity contribution >= 4 is 27.3 Å². The molecule has 2 N–H and O–H groups in total. The molecule has 0 saturated carbocycles. The van der Waals surface area contributed by atoms with Gasteiger partial charge in [-0.05, 0) is 36.5 Å². The van der Waals surface area contributed by atoms with E-state index in [1.165, 1.54) is 18.2 Å². The molecule has 0 amide bonds. The number of nitrogen functional groups attached to an aromatic ring is 1. The molecule has 118 valence electrons. The predicted molar refractivity (Wildman–Crippen MR) is 86.9 cm³/mol. The summed E-state index contributed by atoms with van der Waals surface area (Å²) in [7, 11) is -3.47. The van der Waals surface area contributed by atoms with Gasteiger partial charge in [0.1, 0.15) is 0 Å². The van der Waals surface area contributed by atoms with Gasteiger partial charge in [-0.2, -0.15) is 4.31 Å². The Kier molecular flexibility index (Phi) is 4.85. The van der Waals surface area contributed by atoms with Crippen LogP contribution in [-0.4, -0.2) is 25.8 Å². The average Bonchev–Trinajstić information content (AvgIpc) is 2.50. The summed E-state index contributed by atoms with van der Waals surface area (Å²) in [5.74, 6) is 0. The molecule has 1 aromatic rings. The third kappa shape index (κ3) is 3.20. The highest BCUT2D eigenvalue weighted by Crippen LogP contribution is 2.39. The lowest BCUT2D eigenvalue weighted by atomic mass is 9.75. The van der Waals surface area contributed by atoms with Crippen LogP contribution in [-0.2, 0) is 10.0 Å². The van der Waals surface area contributed by atoms with E-state index >= 15 is 0 Å². The van der Waals surface area contributed by atoms with Crippen molar-refractivity contribution in [2.24, 2.45) is 5.41 Å². The highest BCUT2D eigenvalue weighted by molar-refractivity contribution is 7.89. The summed E-state index contributed by atoms with van der Waals surface area (Å²) in [6.45, 7) is 5.53. The van der Waals surface area contributed by atoms with Crippen LogP contribution in [0.2, 0.25) is 5.02 Å². The third-order valence-corrected chi connectivity index (χ3v) is 7.13. The monoisotopic (exact) mass is 330 g/mol. The van der Waals surface area contributed by atoms with E-state index < -0.39 is 10.0 Å². The summed E-state index contributed by atoms with van der Waals surface area (Å²) in [5, 5.41) is 0.378. The van der Waals surface area contributed by atoms with E-state index in [4.69, 9.17) is 17.3 Å². The Balaban J connectivity index is 2.20. The van der Waals surface area contributed by atoms with Crippen molar-refractivity contribution in [3.63, 3.8) is 0 Å². The van der Waals surface area contributed by atoms with Crippen LogP contribution in [0, 0.1) is 5.41 Å². The first kappa shape index (κ1) is 16.6. The van der Waals surface area contributed by atoms with E-state index in [2.05, 4.69) is 13.8 Å². The zero-order valence-corrected chi connectivity index (χ0v) is 14.2. The average molecular weight is 331 g/mol. The van der Waals surface area contributed by atoms with Crippen LogP contribution in [0.3, 0.4) is 0 Å². The minimum atomic E-state index is -3.47. The van der Waals surface area contributed by atoms with Gasteiger partial charge in [0.05, 0.1) is 15.6 Å². The summed E-state index contributed by atoms with van der Waals surface area (Å²) in [6.07, 6.45) is 4.04. The molecule has 0 aromatic heterocycles. The molecule has 0 bridgehead atoms. The summed E-state index contributed by atoms with van der Waals surface area (Å²) >= 11 is 5.86. The van der Waals surface area contributed by atoms with Crippen molar-refractivity contribution in [2.75, 3.05) is 18.8 Å². The number of hydrogen-bond acceptors (Lipinski definition) is 3. The van der Waals surface area contributed by atoms with E-state index in [0.717, 1.165) is 25.7 Å². The molecular formula is C15H23ClN2O2S. The predicted octanol–water partition coefficient (Wildman–Crippen LogP) is 3.51. The van der Waals surface area contributed by atoms with E-state index in [0.29, 0.717) is 29.2 Å². The first-order valence-electron chi connectivity index (χ1n) is 7.40. The molecule has 0 atom stereocenters. The Morgan fingerprint density at radius 2 is 1.81 bits per heavy atom. The fourth-order valence-corrected chi connectivity index (χ4v) is 4.58. The molecule has 1 heterocycles. The molecule has 6 heteroatoms. The maximum atomic E-state index is 12.7. The summed E-state index contributed by atoms with van der Waals surface area (Å²) < 4.78 is 26.9. The Hall–Kier alpha value is -0.780. The second-order valence-corrected chi connectivity index (χ2v) is 8.14. The van der Waals surface area contributed by atoms with Crippen LogP contribution < -0.4 is 5.73 Å². The van der Waals surface area contributed by atoms with Gasteiger partial charge < -0.3 is 5.73 Å². The van der Waals surface area contributed by atoms with Gasteiger partial charge in [-0.1, -0.05) is 38.3 Å². The largest absolute Gasteiger partial charge is 0.397 e. The van der Waals surface area contributed by atoms with Gasteiger partial charge in [0.15, 0.2) is 0 Å². The molecule has 1 aliphatic rings. The fourth-order valence-electron chi connectivity index (χ4n) is 2.99. The molecule has 1 aromatic carbocycles. The fraction of sp³-hybridized carbons (Fsp3) is 0.600. The van der Waals surface area contributed by atoms with Crippen molar-refractivity contribution in [1.29, 1.82) is 0 Å². The quantitative estimate of drug-likeness (QED) is 0.859. The van der Waals surface area contributed by atoms with Crippen LogP contribution in [0.25, 0.3) is 0 Å². The van der Waals surface area contributed by atoms with Crippen LogP contribution >= 0.6 is 11.6 Å². The van der Waals surface area contributed by atoms with Crippen molar-refractivity contribution in [2.45, 2.75) is 44.4 Å². The van der Waals surface area contributed by atoms with Crippen LogP contribution in [0.5, 0.6) is 0 Å². The molecule has 1 saturated heterocycles. The highest BCUT2D eigenvalue weighted by Gasteiger charge is 2.36. The molecule has 21 heavy (non-hydrogen) atoms. The normalized spacial score (nSPS) is 19.6. The lowest BCUT2D eigenvalue weighted by Crippen LogP contribution is -2.42. The molecular weight excluding hydrogens is 308 g/mol. The molecule has 1 fully saturated rings. The zero-order chi connectivity index (χ0) is 15.7. The standard InChI is InChI=1S/C15H23ClN2O2S/c1-3-15(4-2)7-9-18(10-8-15)21(19,20)12-5-6-13(16)14(17)11-12/h5-6,11H,3-4,7-10,17H2,1-2H3. The zero-order valence-electron chi connectivity index (χ0n) is 12.6. The number of anilines is 1. The number of hydrogen-bond donors (Lipinski definition) is 1. The first-order chi connectivity index (χ1) is 9.84. The Bertz CT molecular complexity index is 602. The Morgan fingerprint density at radius 1 is 1.24 bits per heavy atom. The molecule has 2 rings (SSSR count). The molecule has 0 spiro atoms. The SMILES string of the molecule is CCC1(CC)CCN(S(=O)(=O)c2ccc(Cl)c(N)c2)CC1. The molecule has 0 aliphatic carbocycles. The second kappa shape index (κ2) is 6.15. The minimum Gasteiger partial charge on any atom is -0.397 e. The van der Waals surface area contributed by atoms with Crippen LogP contribution in [0.4, 0.5) is 5.69 Å². The topological polar surface area (TPSA) is 63.4 Å². The van der Waals surface area contributed by atoms with E-state index in [9.17, 15) is 8.42 Å². The van der Waals surface area contributed by atoms with Gasteiger partial charge >= 0.3 is 0 Å². The summed E-state index contributed by atoms with van der Waals surface area (Å²) in [4.78, 5) is 0.227. The Morgan fingerprint density at radius 3 is 2.29 bits per heavy atom. The maximum absolute atomic E-state index is 12.7. The number of rotatable bonds is 4. The lowest BCUT2D eigenvalue weighted by Gasteiger charge is -2.40. The van der Waals surface area contributed by atoms with Gasteiger partial charge in [-0.15, -0.1) is 0 Å². The molecule has 4 nitrogen and oxygen atoms in total. The van der Waals surface area contributed by atoms with E-state index in [-0.39, 0.29) is 4.90 Å². The van der Waals surface area contributed by atoms with Gasteiger partial charge in [0.2, 0.25) is 10.0 Å². The minimum absolute atomic E-state index is 0.227. The number of sulfonamides is 1. The molecule has 1 aliphatic heterocycles. The number of nitrogens with two attached hydrogens (primary N) is 1. The highest BCUT2D eigenvalue weighted by atomic mass is 35.5. The number of nitrogens with zero attached hydrogens (tertiary/aromatic N) is 1. The van der Waals surface area contributed by atoms with Gasteiger partial charge in [0, 0.05) is 13.1 Å². The lowest BCUT2D eigenvalue weighted by molar-refractivity contribution is 0.141. The number of benzene rings is 1. The van der Waals surface area contributed by atoms with E-state index in [1.807, 2.05) is 0 Å². The number of halogens is 1. The number of piperidine rings is 1. The second-order valence-electron chi connectivity index (χ2n) is 5.79. The third-order valence-electron chi connectivity index (χ3n) is 4.89. The Labute approximate surface area is 132 Å². The first-order valence-corrected chi connectivity index (χ1v) is 9.21. The maximum Gasteiger partial charge on any atom is 0.243 e.